The van der Waals surface area contributed by atoms with E-state index in [2.05, 4.69) is 0 Å². The molecule has 1 aromatic heterocycles. The van der Waals surface area contributed by atoms with E-state index in [-0.39, 0.29) is 5.56 Å². The van der Waals surface area contributed by atoms with Crippen LogP contribution >= 0.6 is 0 Å². The number of carbonyl (C=O) groups excluding carboxylic acids is 1. The van der Waals surface area contributed by atoms with Gasteiger partial charge >= 0.3 is 5.63 Å². The van der Waals surface area contributed by atoms with Crippen LogP contribution in [0.1, 0.15) is 28.4 Å². The summed E-state index contributed by atoms with van der Waals surface area (Å²) in [5, 5.41) is 0.651. The zero-order valence-electron chi connectivity index (χ0n) is 14.1. The third-order valence-electron chi connectivity index (χ3n) is 3.79. The van der Waals surface area contributed by atoms with Crippen LogP contribution in [0.3, 0.4) is 0 Å². The molecule has 0 atom stereocenters. The minimum Gasteiger partial charge on any atom is -0.490 e. The Morgan fingerprint density at radius 1 is 1.16 bits per heavy atom. The van der Waals surface area contributed by atoms with E-state index in [1.165, 1.54) is 6.08 Å². The number of fused-ring (bicyclic) bond motifs is 1. The smallest absolute Gasteiger partial charge is 0.347 e. The number of hydrogen-bond acceptors (Lipinski definition) is 4. The molecule has 3 aromatic rings. The van der Waals surface area contributed by atoms with Gasteiger partial charge in [-0.05, 0) is 37.6 Å². The van der Waals surface area contributed by atoms with Gasteiger partial charge in [0.2, 0.25) is 0 Å². The first-order chi connectivity index (χ1) is 12.1. The van der Waals surface area contributed by atoms with Gasteiger partial charge in [-0.2, -0.15) is 0 Å². The number of benzene rings is 2. The maximum Gasteiger partial charge on any atom is 0.347 e. The van der Waals surface area contributed by atoms with E-state index >= 15 is 0 Å². The highest BCUT2D eigenvalue weighted by molar-refractivity contribution is 6.08. The highest BCUT2D eigenvalue weighted by Gasteiger charge is 2.13. The SMILES string of the molecule is CCOc1cccc2cc(C(=O)C=Cc3ccc(C)cc3)c(=O)oc12. The summed E-state index contributed by atoms with van der Waals surface area (Å²) in [5.74, 6) is 0.101. The van der Waals surface area contributed by atoms with Gasteiger partial charge in [0.1, 0.15) is 5.56 Å². The largest absolute Gasteiger partial charge is 0.490 e. The maximum atomic E-state index is 12.4. The highest BCUT2D eigenvalue weighted by atomic mass is 16.5. The third kappa shape index (κ3) is 3.69. The zero-order chi connectivity index (χ0) is 17.8. The molecular weight excluding hydrogens is 316 g/mol. The van der Waals surface area contributed by atoms with Crippen molar-refractivity contribution < 1.29 is 13.9 Å². The Balaban J connectivity index is 1.95. The lowest BCUT2D eigenvalue weighted by Crippen LogP contribution is -2.12. The highest BCUT2D eigenvalue weighted by Crippen LogP contribution is 2.25. The average molecular weight is 334 g/mol. The van der Waals surface area contributed by atoms with Gasteiger partial charge in [0.25, 0.3) is 0 Å². The van der Waals surface area contributed by atoms with Crippen molar-refractivity contribution in [2.24, 2.45) is 0 Å². The third-order valence-corrected chi connectivity index (χ3v) is 3.79. The molecule has 0 unspecified atom stereocenters. The molecule has 25 heavy (non-hydrogen) atoms. The van der Waals surface area contributed by atoms with E-state index < -0.39 is 11.4 Å². The summed E-state index contributed by atoms with van der Waals surface area (Å²) in [6, 6.07) is 14.6. The van der Waals surface area contributed by atoms with Crippen molar-refractivity contribution in [3.63, 3.8) is 0 Å². The van der Waals surface area contributed by atoms with Crippen LogP contribution in [0.15, 0.2) is 63.8 Å². The van der Waals surface area contributed by atoms with E-state index in [0.29, 0.717) is 23.3 Å². The molecule has 0 spiro atoms. The van der Waals surface area contributed by atoms with E-state index in [4.69, 9.17) is 9.15 Å². The summed E-state index contributed by atoms with van der Waals surface area (Å²) in [6.45, 7) is 4.31. The van der Waals surface area contributed by atoms with Gasteiger partial charge in [0.05, 0.1) is 6.61 Å². The summed E-state index contributed by atoms with van der Waals surface area (Å²) in [5.41, 5.74) is 1.72. The Labute approximate surface area is 145 Å². The molecule has 0 radical (unpaired) electrons. The number of ether oxygens (including phenoxy) is 1. The molecule has 0 fully saturated rings. The summed E-state index contributed by atoms with van der Waals surface area (Å²) in [4.78, 5) is 24.6. The lowest BCUT2D eigenvalue weighted by Gasteiger charge is -2.06. The molecule has 3 rings (SSSR count). The fourth-order valence-electron chi connectivity index (χ4n) is 2.50. The van der Waals surface area contributed by atoms with Gasteiger partial charge in [-0.15, -0.1) is 0 Å². The molecule has 126 valence electrons. The lowest BCUT2D eigenvalue weighted by molar-refractivity contribution is 0.104. The predicted molar refractivity (Wildman–Crippen MR) is 98.2 cm³/mol. The van der Waals surface area contributed by atoms with Crippen LogP contribution in [0.2, 0.25) is 0 Å². The first-order valence-corrected chi connectivity index (χ1v) is 8.07. The monoisotopic (exact) mass is 334 g/mol. The number of carbonyl (C=O) groups is 1. The number of hydrogen-bond donors (Lipinski definition) is 0. The Morgan fingerprint density at radius 3 is 2.64 bits per heavy atom. The fourth-order valence-corrected chi connectivity index (χ4v) is 2.50. The summed E-state index contributed by atoms with van der Waals surface area (Å²) >= 11 is 0. The molecule has 4 heteroatoms. The minimum absolute atomic E-state index is 0.00418. The van der Waals surface area contributed by atoms with Gasteiger partial charge in [-0.25, -0.2) is 4.79 Å². The van der Waals surface area contributed by atoms with Crippen molar-refractivity contribution in [2.75, 3.05) is 6.61 Å². The van der Waals surface area contributed by atoms with Crippen LogP contribution in [0.25, 0.3) is 17.0 Å². The minimum atomic E-state index is -0.668. The van der Waals surface area contributed by atoms with Crippen molar-refractivity contribution >= 4 is 22.8 Å². The molecule has 0 aliphatic carbocycles. The first kappa shape index (κ1) is 16.7. The number of rotatable bonds is 5. The van der Waals surface area contributed by atoms with Crippen LogP contribution in [-0.4, -0.2) is 12.4 Å². The Kier molecular flexibility index (Phi) is 4.80. The van der Waals surface area contributed by atoms with Gasteiger partial charge in [-0.1, -0.05) is 48.0 Å². The first-order valence-electron chi connectivity index (χ1n) is 8.07. The van der Waals surface area contributed by atoms with Crippen molar-refractivity contribution in [1.82, 2.24) is 0 Å². The molecule has 0 amide bonds. The van der Waals surface area contributed by atoms with E-state index in [1.54, 1.807) is 30.3 Å². The zero-order valence-corrected chi connectivity index (χ0v) is 14.1. The van der Waals surface area contributed by atoms with Crippen LogP contribution in [-0.2, 0) is 0 Å². The number of aryl methyl sites for hydroxylation is 1. The molecule has 0 aliphatic heterocycles. The van der Waals surface area contributed by atoms with E-state index in [9.17, 15) is 9.59 Å². The van der Waals surface area contributed by atoms with Crippen LogP contribution in [0.4, 0.5) is 0 Å². The van der Waals surface area contributed by atoms with Crippen molar-refractivity contribution in [1.29, 1.82) is 0 Å². The summed E-state index contributed by atoms with van der Waals surface area (Å²) in [6.07, 6.45) is 3.07. The molecule has 0 N–H and O–H groups in total. The standard InChI is InChI=1S/C21H18O4/c1-3-24-19-6-4-5-16-13-17(21(23)25-20(16)19)18(22)12-11-15-9-7-14(2)8-10-15/h4-13H,3H2,1-2H3. The van der Waals surface area contributed by atoms with E-state index in [1.807, 2.05) is 38.1 Å². The summed E-state index contributed by atoms with van der Waals surface area (Å²) in [7, 11) is 0. The lowest BCUT2D eigenvalue weighted by atomic mass is 10.1. The molecule has 0 saturated heterocycles. The molecule has 1 heterocycles. The van der Waals surface area contributed by atoms with Crippen LogP contribution in [0, 0.1) is 6.92 Å². The second kappa shape index (κ2) is 7.18. The number of allylic oxidation sites excluding steroid dienone is 1. The van der Waals surface area contributed by atoms with Gasteiger partial charge in [0.15, 0.2) is 17.1 Å². The van der Waals surface area contributed by atoms with Crippen molar-refractivity contribution in [2.45, 2.75) is 13.8 Å². The van der Waals surface area contributed by atoms with E-state index in [0.717, 1.165) is 11.1 Å². The maximum absolute atomic E-state index is 12.4. The Morgan fingerprint density at radius 2 is 1.92 bits per heavy atom. The second-order valence-electron chi connectivity index (χ2n) is 5.66. The molecule has 4 nitrogen and oxygen atoms in total. The Bertz CT molecular complexity index is 995. The molecule has 0 aliphatic rings. The van der Waals surface area contributed by atoms with Crippen LogP contribution in [0.5, 0.6) is 5.75 Å². The quantitative estimate of drug-likeness (QED) is 0.394. The Hall–Kier alpha value is -3.14. The van der Waals surface area contributed by atoms with Gasteiger partial charge in [-0.3, -0.25) is 4.79 Å². The van der Waals surface area contributed by atoms with Crippen molar-refractivity contribution in [3.05, 3.63) is 81.7 Å². The molecule has 0 bridgehead atoms. The molecular formula is C21H18O4. The number of ketones is 1. The topological polar surface area (TPSA) is 56.5 Å². The van der Waals surface area contributed by atoms with Gasteiger partial charge < -0.3 is 9.15 Å². The van der Waals surface area contributed by atoms with Crippen LogP contribution < -0.4 is 10.4 Å². The number of para-hydroxylation sites is 1. The molecule has 2 aromatic carbocycles. The van der Waals surface area contributed by atoms with Crippen molar-refractivity contribution in [3.8, 4) is 5.75 Å². The normalized spacial score (nSPS) is 11.1. The second-order valence-corrected chi connectivity index (χ2v) is 5.66. The molecule has 0 saturated carbocycles. The van der Waals surface area contributed by atoms with Gasteiger partial charge in [0, 0.05) is 5.39 Å². The average Bonchev–Trinajstić information content (AvgIpc) is 2.61. The summed E-state index contributed by atoms with van der Waals surface area (Å²) < 4.78 is 10.8. The fraction of sp³-hybridized carbons (Fsp3) is 0.143. The predicted octanol–water partition coefficient (Wildman–Crippen LogP) is 4.40.